The van der Waals surface area contributed by atoms with Crippen molar-refractivity contribution in [2.75, 3.05) is 25.2 Å². The molecule has 0 N–H and O–H groups in total. The van der Waals surface area contributed by atoms with Gasteiger partial charge < -0.3 is 14.1 Å². The summed E-state index contributed by atoms with van der Waals surface area (Å²) in [5.74, 6) is 1.98. The summed E-state index contributed by atoms with van der Waals surface area (Å²) in [6, 6.07) is 3.96. The van der Waals surface area contributed by atoms with Crippen LogP contribution in [0.4, 0.5) is 5.82 Å². The molecule has 0 aromatic carbocycles. The largest absolute Gasteiger partial charge is 0.422 e. The van der Waals surface area contributed by atoms with E-state index in [1.54, 1.807) is 20.2 Å². The van der Waals surface area contributed by atoms with E-state index in [1.807, 2.05) is 25.3 Å². The van der Waals surface area contributed by atoms with Crippen LogP contribution in [0.2, 0.25) is 0 Å². The number of anilines is 1. The summed E-state index contributed by atoms with van der Waals surface area (Å²) in [5.41, 5.74) is 2.28. The van der Waals surface area contributed by atoms with E-state index in [2.05, 4.69) is 24.8 Å². The molecule has 0 saturated heterocycles. The predicted molar refractivity (Wildman–Crippen MR) is 86.2 cm³/mol. The van der Waals surface area contributed by atoms with Crippen molar-refractivity contribution < 1.29 is 9.15 Å². The van der Waals surface area contributed by atoms with E-state index in [9.17, 15) is 0 Å². The number of methoxy groups -OCH3 is 1. The number of rotatable bonds is 6. The molecule has 3 heterocycles. The minimum atomic E-state index is 0.513. The van der Waals surface area contributed by atoms with Gasteiger partial charge in [-0.3, -0.25) is 4.98 Å². The fraction of sp³-hybridized carbons (Fsp3) is 0.375. The van der Waals surface area contributed by atoms with Crippen LogP contribution in [0.25, 0.3) is 11.2 Å². The van der Waals surface area contributed by atoms with Crippen LogP contribution in [-0.4, -0.2) is 40.2 Å². The molecule has 7 heteroatoms. The molecule has 0 atom stereocenters. The Morgan fingerprint density at radius 3 is 2.83 bits per heavy atom. The molecular weight excluding hydrogens is 294 g/mol. The minimum Gasteiger partial charge on any atom is -0.422 e. The van der Waals surface area contributed by atoms with Crippen LogP contribution >= 0.6 is 0 Å². The SMILES string of the molecule is COCCN(Cc1cccnc1)c1nc(C)nc2oc(C)nc12. The molecule has 120 valence electrons. The molecule has 3 aromatic heterocycles. The van der Waals surface area contributed by atoms with E-state index >= 15 is 0 Å². The highest BCUT2D eigenvalue weighted by atomic mass is 16.5. The molecular formula is C16H19N5O2. The van der Waals surface area contributed by atoms with Crippen molar-refractivity contribution >= 4 is 17.0 Å². The normalized spacial score (nSPS) is 11.1. The van der Waals surface area contributed by atoms with Crippen LogP contribution in [0.5, 0.6) is 0 Å². The van der Waals surface area contributed by atoms with Crippen molar-refractivity contribution in [3.8, 4) is 0 Å². The second-order valence-corrected chi connectivity index (χ2v) is 5.26. The molecule has 0 radical (unpaired) electrons. The van der Waals surface area contributed by atoms with Gasteiger partial charge in [0.15, 0.2) is 17.2 Å². The van der Waals surface area contributed by atoms with Crippen molar-refractivity contribution in [3.05, 3.63) is 41.8 Å². The Hall–Kier alpha value is -2.54. The number of oxazole rings is 1. The molecule has 23 heavy (non-hydrogen) atoms. The molecule has 0 aliphatic rings. The monoisotopic (exact) mass is 313 g/mol. The van der Waals surface area contributed by atoms with Gasteiger partial charge in [-0.15, -0.1) is 0 Å². The second kappa shape index (κ2) is 6.70. The summed E-state index contributed by atoms with van der Waals surface area (Å²) in [6.07, 6.45) is 3.61. The Morgan fingerprint density at radius 1 is 1.22 bits per heavy atom. The lowest BCUT2D eigenvalue weighted by atomic mass is 10.2. The maximum Gasteiger partial charge on any atom is 0.252 e. The molecule has 0 spiro atoms. The first-order valence-corrected chi connectivity index (χ1v) is 7.42. The summed E-state index contributed by atoms with van der Waals surface area (Å²) in [7, 11) is 1.68. The topological polar surface area (TPSA) is 77.2 Å². The number of nitrogens with zero attached hydrogens (tertiary/aromatic N) is 5. The van der Waals surface area contributed by atoms with Gasteiger partial charge >= 0.3 is 0 Å². The van der Waals surface area contributed by atoms with Crippen molar-refractivity contribution in [1.29, 1.82) is 0 Å². The number of aromatic nitrogens is 4. The Kier molecular flexibility index (Phi) is 4.47. The van der Waals surface area contributed by atoms with E-state index in [0.717, 1.165) is 11.4 Å². The Labute approximate surface area is 134 Å². The van der Waals surface area contributed by atoms with E-state index in [-0.39, 0.29) is 0 Å². The molecule has 0 saturated carbocycles. The molecule has 0 bridgehead atoms. The van der Waals surface area contributed by atoms with Crippen LogP contribution in [0.3, 0.4) is 0 Å². The Balaban J connectivity index is 2.01. The highest BCUT2D eigenvalue weighted by Gasteiger charge is 2.18. The van der Waals surface area contributed by atoms with E-state index < -0.39 is 0 Å². The van der Waals surface area contributed by atoms with Gasteiger partial charge in [0, 0.05) is 39.5 Å². The second-order valence-electron chi connectivity index (χ2n) is 5.26. The standard InChI is InChI=1S/C16H19N5O2/c1-11-18-15(14-16(19-11)23-12(2)20-14)21(7-8-22-3)10-13-5-4-6-17-9-13/h4-6,9H,7-8,10H2,1-3H3. The Morgan fingerprint density at radius 2 is 2.09 bits per heavy atom. The van der Waals surface area contributed by atoms with E-state index in [1.165, 1.54) is 0 Å². The van der Waals surface area contributed by atoms with Gasteiger partial charge in [-0.05, 0) is 18.6 Å². The first-order valence-electron chi connectivity index (χ1n) is 7.42. The number of ether oxygens (including phenoxy) is 1. The number of aryl methyl sites for hydroxylation is 2. The van der Waals surface area contributed by atoms with Crippen LogP contribution < -0.4 is 4.90 Å². The summed E-state index contributed by atoms with van der Waals surface area (Å²) in [6.45, 7) is 5.58. The zero-order valence-corrected chi connectivity index (χ0v) is 13.5. The average molecular weight is 313 g/mol. The molecule has 0 aliphatic heterocycles. The predicted octanol–water partition coefficient (Wildman–Crippen LogP) is 2.28. The van der Waals surface area contributed by atoms with Crippen molar-refractivity contribution in [1.82, 2.24) is 19.9 Å². The van der Waals surface area contributed by atoms with Crippen LogP contribution in [-0.2, 0) is 11.3 Å². The van der Waals surface area contributed by atoms with Crippen molar-refractivity contribution in [2.24, 2.45) is 0 Å². The fourth-order valence-corrected chi connectivity index (χ4v) is 2.41. The number of fused-ring (bicyclic) bond motifs is 1. The number of hydrogen-bond acceptors (Lipinski definition) is 7. The quantitative estimate of drug-likeness (QED) is 0.691. The van der Waals surface area contributed by atoms with Gasteiger partial charge in [0.2, 0.25) is 0 Å². The third-order valence-electron chi connectivity index (χ3n) is 3.42. The summed E-state index contributed by atoms with van der Waals surface area (Å²) in [5, 5.41) is 0. The van der Waals surface area contributed by atoms with E-state index in [0.29, 0.717) is 42.6 Å². The van der Waals surface area contributed by atoms with Gasteiger partial charge in [0.1, 0.15) is 5.82 Å². The first kappa shape index (κ1) is 15.4. The van der Waals surface area contributed by atoms with Gasteiger partial charge in [-0.25, -0.2) is 9.97 Å². The van der Waals surface area contributed by atoms with Crippen LogP contribution in [0.15, 0.2) is 28.9 Å². The first-order chi connectivity index (χ1) is 11.2. The smallest absolute Gasteiger partial charge is 0.252 e. The molecule has 3 aromatic rings. The maximum atomic E-state index is 5.56. The van der Waals surface area contributed by atoms with Crippen LogP contribution in [0.1, 0.15) is 17.3 Å². The van der Waals surface area contributed by atoms with Gasteiger partial charge in [-0.1, -0.05) is 6.07 Å². The Bertz CT molecular complexity index is 788. The lowest BCUT2D eigenvalue weighted by molar-refractivity contribution is 0.205. The summed E-state index contributed by atoms with van der Waals surface area (Å²) >= 11 is 0. The van der Waals surface area contributed by atoms with Gasteiger partial charge in [0.05, 0.1) is 6.61 Å². The van der Waals surface area contributed by atoms with Crippen molar-refractivity contribution in [2.45, 2.75) is 20.4 Å². The third-order valence-corrected chi connectivity index (χ3v) is 3.42. The molecule has 0 aliphatic carbocycles. The minimum absolute atomic E-state index is 0.513. The van der Waals surface area contributed by atoms with Crippen LogP contribution in [0, 0.1) is 13.8 Å². The lowest BCUT2D eigenvalue weighted by Gasteiger charge is -2.23. The molecule has 0 unspecified atom stereocenters. The summed E-state index contributed by atoms with van der Waals surface area (Å²) < 4.78 is 10.8. The number of pyridine rings is 1. The fourth-order valence-electron chi connectivity index (χ4n) is 2.41. The highest BCUT2D eigenvalue weighted by Crippen LogP contribution is 2.25. The molecule has 0 amide bonds. The zero-order valence-electron chi connectivity index (χ0n) is 13.5. The highest BCUT2D eigenvalue weighted by molar-refractivity contribution is 5.82. The van der Waals surface area contributed by atoms with Gasteiger partial charge in [0.25, 0.3) is 5.71 Å². The summed E-state index contributed by atoms with van der Waals surface area (Å²) in [4.78, 5) is 19.6. The van der Waals surface area contributed by atoms with Gasteiger partial charge in [-0.2, -0.15) is 4.98 Å². The van der Waals surface area contributed by atoms with E-state index in [4.69, 9.17) is 9.15 Å². The average Bonchev–Trinajstić information content (AvgIpc) is 2.91. The molecule has 3 rings (SSSR count). The zero-order chi connectivity index (χ0) is 16.2. The molecule has 7 nitrogen and oxygen atoms in total. The maximum absolute atomic E-state index is 5.56. The third kappa shape index (κ3) is 3.45. The lowest BCUT2D eigenvalue weighted by Crippen LogP contribution is -2.28. The number of hydrogen-bond donors (Lipinski definition) is 0. The molecule has 0 fully saturated rings. The van der Waals surface area contributed by atoms with Crippen molar-refractivity contribution in [3.63, 3.8) is 0 Å².